The molecule has 0 saturated carbocycles. The quantitative estimate of drug-likeness (QED) is 0.753. The topological polar surface area (TPSA) is 84.1 Å². The Hall–Kier alpha value is -1.99. The van der Waals surface area contributed by atoms with Crippen LogP contribution in [0.25, 0.3) is 0 Å². The number of nitrogens with one attached hydrogen (secondary N) is 1. The minimum atomic E-state index is -1.04. The summed E-state index contributed by atoms with van der Waals surface area (Å²) in [6.45, 7) is 0.0256. The van der Waals surface area contributed by atoms with Gasteiger partial charge in [0.2, 0.25) is 5.95 Å². The van der Waals surface area contributed by atoms with Crippen molar-refractivity contribution in [2.45, 2.75) is 6.10 Å². The molecule has 0 bridgehead atoms. The number of nitrogens with two attached hydrogens (primary N) is 1. The fourth-order valence-corrected chi connectivity index (χ4v) is 1.75. The number of hydrogen-bond donors (Lipinski definition) is 3. The Bertz CT molecular complexity index is 606. The fourth-order valence-electron chi connectivity index (χ4n) is 1.56. The van der Waals surface area contributed by atoms with E-state index in [4.69, 9.17) is 17.3 Å². The van der Waals surface area contributed by atoms with Gasteiger partial charge >= 0.3 is 0 Å². The van der Waals surface area contributed by atoms with Gasteiger partial charge in [-0.2, -0.15) is 4.98 Å². The molecule has 20 heavy (non-hydrogen) atoms. The molecular weight excluding hydrogens is 290 g/mol. The second-order valence-corrected chi connectivity index (χ2v) is 4.39. The van der Waals surface area contributed by atoms with Gasteiger partial charge in [-0.1, -0.05) is 17.7 Å². The second kappa shape index (κ2) is 5.98. The Kier molecular flexibility index (Phi) is 4.31. The minimum Gasteiger partial charge on any atom is -0.387 e. The number of hydrogen-bond acceptors (Lipinski definition) is 5. The summed E-state index contributed by atoms with van der Waals surface area (Å²) >= 11 is 5.70. The van der Waals surface area contributed by atoms with Gasteiger partial charge in [-0.15, -0.1) is 0 Å². The van der Waals surface area contributed by atoms with Gasteiger partial charge in [-0.05, 0) is 17.7 Å². The van der Waals surface area contributed by atoms with E-state index in [1.54, 1.807) is 0 Å². The summed E-state index contributed by atoms with van der Waals surface area (Å²) in [5, 5.41) is 12.8. The summed E-state index contributed by atoms with van der Waals surface area (Å²) in [6, 6.07) is 4.61. The molecule has 0 unspecified atom stereocenters. The molecule has 0 saturated heterocycles. The van der Waals surface area contributed by atoms with Gasteiger partial charge in [0.05, 0.1) is 6.10 Å². The lowest BCUT2D eigenvalue weighted by molar-refractivity contribution is 0.191. The number of aliphatic hydroxyl groups excluding tert-OH is 1. The lowest BCUT2D eigenvalue weighted by atomic mass is 10.1. The molecule has 1 atom stereocenters. The zero-order chi connectivity index (χ0) is 14.7. The molecule has 2 aromatic rings. The first-order chi connectivity index (χ1) is 9.45. The molecule has 5 nitrogen and oxygen atoms in total. The van der Waals surface area contributed by atoms with E-state index in [9.17, 15) is 13.9 Å². The van der Waals surface area contributed by atoms with E-state index < -0.39 is 17.7 Å². The Labute approximate surface area is 118 Å². The first-order valence-electron chi connectivity index (χ1n) is 5.62. The molecule has 8 heteroatoms. The number of halogens is 3. The van der Waals surface area contributed by atoms with Crippen molar-refractivity contribution in [3.8, 4) is 0 Å². The van der Waals surface area contributed by atoms with E-state index in [0.717, 1.165) is 12.1 Å². The summed E-state index contributed by atoms with van der Waals surface area (Å²) in [6.07, 6.45) is -1.04. The highest BCUT2D eigenvalue weighted by atomic mass is 35.5. The summed E-state index contributed by atoms with van der Waals surface area (Å²) < 4.78 is 25.8. The highest BCUT2D eigenvalue weighted by molar-refractivity contribution is 6.29. The summed E-state index contributed by atoms with van der Waals surface area (Å²) in [5.74, 6) is -1.67. The molecule has 0 radical (unpaired) electrons. The average Bonchev–Trinajstić information content (AvgIpc) is 2.38. The van der Waals surface area contributed by atoms with Crippen molar-refractivity contribution < 1.29 is 13.9 Å². The third-order valence-electron chi connectivity index (χ3n) is 2.52. The summed E-state index contributed by atoms with van der Waals surface area (Å²) in [4.78, 5) is 7.54. The van der Waals surface area contributed by atoms with Crippen LogP contribution in [-0.2, 0) is 0 Å². The van der Waals surface area contributed by atoms with E-state index in [1.807, 2.05) is 0 Å². The molecule has 1 aromatic heterocycles. The standard InChI is InChI=1S/C12H11ClF2N4O/c13-10-4-11(19-12(16)18-10)17-5-9(20)6-1-2-7(14)8(15)3-6/h1-4,9,20H,5H2,(H3,16,17,18,19)/t9-/m0/s1. The summed E-state index contributed by atoms with van der Waals surface area (Å²) in [5.41, 5.74) is 5.65. The lowest BCUT2D eigenvalue weighted by Crippen LogP contribution is -2.14. The maximum Gasteiger partial charge on any atom is 0.223 e. The van der Waals surface area contributed by atoms with Crippen molar-refractivity contribution in [1.29, 1.82) is 0 Å². The number of nitrogens with zero attached hydrogens (tertiary/aromatic N) is 2. The Morgan fingerprint density at radius 3 is 2.65 bits per heavy atom. The zero-order valence-corrected chi connectivity index (χ0v) is 10.9. The Morgan fingerprint density at radius 2 is 2.00 bits per heavy atom. The fraction of sp³-hybridized carbons (Fsp3) is 0.167. The number of aliphatic hydroxyl groups is 1. The molecule has 0 aliphatic heterocycles. The molecular formula is C12H11ClF2N4O. The van der Waals surface area contributed by atoms with Crippen LogP contribution in [0.4, 0.5) is 20.5 Å². The third kappa shape index (κ3) is 3.52. The first kappa shape index (κ1) is 14.4. The van der Waals surface area contributed by atoms with Gasteiger partial charge in [-0.3, -0.25) is 0 Å². The van der Waals surface area contributed by atoms with Crippen LogP contribution in [0.2, 0.25) is 5.15 Å². The molecule has 106 valence electrons. The van der Waals surface area contributed by atoms with E-state index in [2.05, 4.69) is 15.3 Å². The van der Waals surface area contributed by atoms with E-state index in [1.165, 1.54) is 12.1 Å². The van der Waals surface area contributed by atoms with Crippen LogP contribution in [-0.4, -0.2) is 21.6 Å². The molecule has 0 amide bonds. The summed E-state index contributed by atoms with van der Waals surface area (Å²) in [7, 11) is 0. The first-order valence-corrected chi connectivity index (χ1v) is 6.00. The average molecular weight is 301 g/mol. The number of aromatic nitrogens is 2. The third-order valence-corrected chi connectivity index (χ3v) is 2.71. The van der Waals surface area contributed by atoms with Gasteiger partial charge in [0.1, 0.15) is 11.0 Å². The highest BCUT2D eigenvalue weighted by Crippen LogP contribution is 2.18. The molecule has 0 aliphatic carbocycles. The Balaban J connectivity index is 2.04. The number of benzene rings is 1. The maximum absolute atomic E-state index is 13.0. The highest BCUT2D eigenvalue weighted by Gasteiger charge is 2.11. The van der Waals surface area contributed by atoms with Crippen LogP contribution in [0.15, 0.2) is 24.3 Å². The van der Waals surface area contributed by atoms with Crippen LogP contribution < -0.4 is 11.1 Å². The molecule has 0 fully saturated rings. The number of rotatable bonds is 4. The second-order valence-electron chi connectivity index (χ2n) is 4.00. The van der Waals surface area contributed by atoms with E-state index >= 15 is 0 Å². The van der Waals surface area contributed by atoms with Crippen LogP contribution in [0.1, 0.15) is 11.7 Å². The number of nitrogen functional groups attached to an aromatic ring is 1. The van der Waals surface area contributed by atoms with Crippen molar-refractivity contribution in [1.82, 2.24) is 9.97 Å². The van der Waals surface area contributed by atoms with Crippen LogP contribution >= 0.6 is 11.6 Å². The molecule has 1 aromatic carbocycles. The van der Waals surface area contributed by atoms with Crippen molar-refractivity contribution in [3.05, 3.63) is 46.6 Å². The molecule has 0 spiro atoms. The lowest BCUT2D eigenvalue weighted by Gasteiger charge is -2.13. The van der Waals surface area contributed by atoms with Gasteiger partial charge in [0.15, 0.2) is 11.6 Å². The van der Waals surface area contributed by atoms with Gasteiger partial charge < -0.3 is 16.2 Å². The zero-order valence-electron chi connectivity index (χ0n) is 10.1. The monoisotopic (exact) mass is 300 g/mol. The predicted octanol–water partition coefficient (Wildman–Crippen LogP) is 2.14. The molecule has 4 N–H and O–H groups in total. The van der Waals surface area contributed by atoms with Crippen molar-refractivity contribution in [2.75, 3.05) is 17.6 Å². The van der Waals surface area contributed by atoms with Crippen LogP contribution in [0, 0.1) is 11.6 Å². The van der Waals surface area contributed by atoms with Crippen molar-refractivity contribution in [2.24, 2.45) is 0 Å². The van der Waals surface area contributed by atoms with E-state index in [0.29, 0.717) is 5.82 Å². The minimum absolute atomic E-state index is 0.0117. The largest absolute Gasteiger partial charge is 0.387 e. The smallest absolute Gasteiger partial charge is 0.223 e. The maximum atomic E-state index is 13.0. The van der Waals surface area contributed by atoms with Gasteiger partial charge in [0.25, 0.3) is 0 Å². The van der Waals surface area contributed by atoms with E-state index in [-0.39, 0.29) is 23.2 Å². The molecule has 0 aliphatic rings. The predicted molar refractivity (Wildman–Crippen MR) is 71.3 cm³/mol. The van der Waals surface area contributed by atoms with Crippen LogP contribution in [0.3, 0.4) is 0 Å². The van der Waals surface area contributed by atoms with Gasteiger partial charge in [0, 0.05) is 12.6 Å². The molecule has 2 rings (SSSR count). The normalized spacial score (nSPS) is 12.2. The SMILES string of the molecule is Nc1nc(Cl)cc(NC[C@H](O)c2ccc(F)c(F)c2)n1. The Morgan fingerprint density at radius 1 is 1.25 bits per heavy atom. The number of anilines is 2. The molecule has 1 heterocycles. The van der Waals surface area contributed by atoms with Crippen LogP contribution in [0.5, 0.6) is 0 Å². The van der Waals surface area contributed by atoms with Crippen molar-refractivity contribution in [3.63, 3.8) is 0 Å². The van der Waals surface area contributed by atoms with Crippen molar-refractivity contribution >= 4 is 23.4 Å². The van der Waals surface area contributed by atoms with Gasteiger partial charge in [-0.25, -0.2) is 13.8 Å².